The summed E-state index contributed by atoms with van der Waals surface area (Å²) in [5, 5.41) is 16.2. The molecule has 1 aliphatic heterocycles. The third kappa shape index (κ3) is 2.14. The fourth-order valence-corrected chi connectivity index (χ4v) is 2.42. The van der Waals surface area contributed by atoms with Gasteiger partial charge in [0.1, 0.15) is 10.5 Å². The van der Waals surface area contributed by atoms with E-state index in [1.54, 1.807) is 0 Å². The Bertz CT molecular complexity index is 184. The average Bonchev–Trinajstić information content (AvgIpc) is 2.04. The van der Waals surface area contributed by atoms with Crippen molar-refractivity contribution in [3.05, 3.63) is 0 Å². The molecule has 1 saturated heterocycles. The second-order valence-corrected chi connectivity index (χ2v) is 4.13. The van der Waals surface area contributed by atoms with Crippen molar-refractivity contribution in [2.75, 3.05) is 0 Å². The standard InChI is InChI=1S/C7H10O4S/c8-6(9)4-2-1-3-5(12-4)7(10)11/h4-5H,1-3H2,(H,8,9)(H,10,11)/t4-,5+. The summed E-state index contributed by atoms with van der Waals surface area (Å²) in [6, 6.07) is 0. The fourth-order valence-electron chi connectivity index (χ4n) is 1.19. The van der Waals surface area contributed by atoms with Crippen LogP contribution >= 0.6 is 11.8 Å². The molecule has 0 unspecified atom stereocenters. The average molecular weight is 190 g/mol. The quantitative estimate of drug-likeness (QED) is 0.674. The Kier molecular flexibility index (Phi) is 2.97. The molecule has 0 amide bonds. The maximum absolute atomic E-state index is 10.5. The van der Waals surface area contributed by atoms with Crippen molar-refractivity contribution in [2.24, 2.45) is 0 Å². The molecule has 2 N–H and O–H groups in total. The van der Waals surface area contributed by atoms with Gasteiger partial charge in [0.05, 0.1) is 0 Å². The Labute approximate surface area is 74.0 Å². The van der Waals surface area contributed by atoms with Gasteiger partial charge in [0.15, 0.2) is 0 Å². The monoisotopic (exact) mass is 190 g/mol. The first-order valence-electron chi connectivity index (χ1n) is 3.72. The number of aliphatic carboxylic acids is 2. The van der Waals surface area contributed by atoms with E-state index < -0.39 is 22.4 Å². The molecule has 0 aromatic carbocycles. The second-order valence-electron chi connectivity index (χ2n) is 2.72. The lowest BCUT2D eigenvalue weighted by Crippen LogP contribution is -2.29. The molecule has 5 heteroatoms. The van der Waals surface area contributed by atoms with Crippen LogP contribution in [0.3, 0.4) is 0 Å². The van der Waals surface area contributed by atoms with Gasteiger partial charge in [-0.25, -0.2) is 0 Å². The lowest BCUT2D eigenvalue weighted by molar-refractivity contribution is -0.136. The van der Waals surface area contributed by atoms with Gasteiger partial charge >= 0.3 is 11.9 Å². The topological polar surface area (TPSA) is 74.6 Å². The van der Waals surface area contributed by atoms with Crippen LogP contribution in [0.5, 0.6) is 0 Å². The number of carboxylic acids is 2. The summed E-state index contributed by atoms with van der Waals surface area (Å²) in [6.45, 7) is 0. The smallest absolute Gasteiger partial charge is 0.316 e. The van der Waals surface area contributed by atoms with Crippen molar-refractivity contribution in [3.63, 3.8) is 0 Å². The second kappa shape index (κ2) is 3.80. The number of rotatable bonds is 2. The van der Waals surface area contributed by atoms with Gasteiger partial charge < -0.3 is 10.2 Å². The van der Waals surface area contributed by atoms with Crippen molar-refractivity contribution in [1.29, 1.82) is 0 Å². The van der Waals surface area contributed by atoms with E-state index in [0.29, 0.717) is 19.3 Å². The van der Waals surface area contributed by atoms with Gasteiger partial charge in [-0.05, 0) is 12.8 Å². The van der Waals surface area contributed by atoms with Crippen LogP contribution in [0.2, 0.25) is 0 Å². The summed E-state index contributed by atoms with van der Waals surface area (Å²) < 4.78 is 0. The Hall–Kier alpha value is -0.710. The molecule has 68 valence electrons. The van der Waals surface area contributed by atoms with Gasteiger partial charge in [0, 0.05) is 0 Å². The van der Waals surface area contributed by atoms with Crippen molar-refractivity contribution in [2.45, 2.75) is 29.8 Å². The molecule has 1 rings (SSSR count). The fraction of sp³-hybridized carbons (Fsp3) is 0.714. The highest BCUT2D eigenvalue weighted by Gasteiger charge is 2.31. The molecule has 1 fully saturated rings. The van der Waals surface area contributed by atoms with Crippen LogP contribution in [0.25, 0.3) is 0 Å². The number of carboxylic acid groups (broad SMARTS) is 2. The van der Waals surface area contributed by atoms with Crippen LogP contribution in [0.4, 0.5) is 0 Å². The Morgan fingerprint density at radius 2 is 1.50 bits per heavy atom. The van der Waals surface area contributed by atoms with Crippen molar-refractivity contribution in [1.82, 2.24) is 0 Å². The molecule has 12 heavy (non-hydrogen) atoms. The van der Waals surface area contributed by atoms with Crippen molar-refractivity contribution >= 4 is 23.7 Å². The number of hydrogen-bond acceptors (Lipinski definition) is 3. The van der Waals surface area contributed by atoms with Crippen LogP contribution < -0.4 is 0 Å². The maximum atomic E-state index is 10.5. The van der Waals surface area contributed by atoms with Gasteiger partial charge in [0.25, 0.3) is 0 Å². The van der Waals surface area contributed by atoms with E-state index in [9.17, 15) is 9.59 Å². The molecule has 0 saturated carbocycles. The van der Waals surface area contributed by atoms with E-state index in [0.717, 1.165) is 11.8 Å². The molecule has 1 aliphatic rings. The van der Waals surface area contributed by atoms with E-state index in [1.807, 2.05) is 0 Å². The van der Waals surface area contributed by atoms with Crippen LogP contribution in [0, 0.1) is 0 Å². The van der Waals surface area contributed by atoms with Crippen molar-refractivity contribution < 1.29 is 19.8 Å². The molecule has 0 spiro atoms. The molecule has 0 bridgehead atoms. The van der Waals surface area contributed by atoms with Gasteiger partial charge in [-0.15, -0.1) is 11.8 Å². The molecule has 0 aromatic heterocycles. The van der Waals surface area contributed by atoms with Crippen molar-refractivity contribution in [3.8, 4) is 0 Å². The first-order chi connectivity index (χ1) is 5.61. The number of thioether (sulfide) groups is 1. The van der Waals surface area contributed by atoms with Crippen LogP contribution in [0.15, 0.2) is 0 Å². The highest BCUT2D eigenvalue weighted by molar-refractivity contribution is 8.01. The minimum atomic E-state index is -0.897. The molecule has 2 atom stereocenters. The van der Waals surface area contributed by atoms with Gasteiger partial charge in [0.2, 0.25) is 0 Å². The number of carbonyl (C=O) groups is 2. The third-order valence-corrected chi connectivity index (χ3v) is 3.34. The van der Waals surface area contributed by atoms with E-state index in [1.165, 1.54) is 0 Å². The molecule has 4 nitrogen and oxygen atoms in total. The normalized spacial score (nSPS) is 29.7. The van der Waals surface area contributed by atoms with Crippen LogP contribution in [-0.4, -0.2) is 32.7 Å². The number of hydrogen-bond donors (Lipinski definition) is 2. The predicted octanol–water partition coefficient (Wildman–Crippen LogP) is 0.810. The van der Waals surface area contributed by atoms with E-state index in [4.69, 9.17) is 10.2 Å². The third-order valence-electron chi connectivity index (χ3n) is 1.81. The maximum Gasteiger partial charge on any atom is 0.316 e. The summed E-state index contributed by atoms with van der Waals surface area (Å²) in [6.07, 6.45) is 1.87. The lowest BCUT2D eigenvalue weighted by atomic mass is 10.1. The zero-order chi connectivity index (χ0) is 9.14. The zero-order valence-corrected chi connectivity index (χ0v) is 7.21. The van der Waals surface area contributed by atoms with E-state index in [2.05, 4.69) is 0 Å². The molecule has 1 heterocycles. The minimum absolute atomic E-state index is 0.528. The van der Waals surface area contributed by atoms with Crippen LogP contribution in [-0.2, 0) is 9.59 Å². The Morgan fingerprint density at radius 3 is 1.83 bits per heavy atom. The molecular weight excluding hydrogens is 180 g/mol. The summed E-state index contributed by atoms with van der Waals surface area (Å²) >= 11 is 1.05. The molecule has 0 radical (unpaired) electrons. The first-order valence-corrected chi connectivity index (χ1v) is 4.66. The van der Waals surface area contributed by atoms with E-state index >= 15 is 0 Å². The molecular formula is C7H10O4S. The molecule has 0 aliphatic carbocycles. The van der Waals surface area contributed by atoms with Gasteiger partial charge in [-0.1, -0.05) is 6.42 Å². The molecule has 0 aromatic rings. The Morgan fingerprint density at radius 1 is 1.08 bits per heavy atom. The summed E-state index contributed by atoms with van der Waals surface area (Å²) in [4.78, 5) is 21.0. The summed E-state index contributed by atoms with van der Waals surface area (Å²) in [5.41, 5.74) is 0. The SMILES string of the molecule is O=C(O)[C@@H]1CCC[C@H](C(=O)O)S1. The lowest BCUT2D eigenvalue weighted by Gasteiger charge is -2.22. The summed E-state index contributed by atoms with van der Waals surface area (Å²) in [5.74, 6) is -1.79. The Balaban J connectivity index is 2.51. The zero-order valence-electron chi connectivity index (χ0n) is 6.40. The van der Waals surface area contributed by atoms with E-state index in [-0.39, 0.29) is 0 Å². The van der Waals surface area contributed by atoms with Crippen LogP contribution in [0.1, 0.15) is 19.3 Å². The first kappa shape index (κ1) is 9.38. The highest BCUT2D eigenvalue weighted by Crippen LogP contribution is 2.31. The van der Waals surface area contributed by atoms with Gasteiger partial charge in [-0.2, -0.15) is 0 Å². The minimum Gasteiger partial charge on any atom is -0.480 e. The van der Waals surface area contributed by atoms with Gasteiger partial charge in [-0.3, -0.25) is 9.59 Å². The highest BCUT2D eigenvalue weighted by atomic mass is 32.2. The summed E-state index contributed by atoms with van der Waals surface area (Å²) in [7, 11) is 0. The largest absolute Gasteiger partial charge is 0.480 e. The predicted molar refractivity (Wildman–Crippen MR) is 44.3 cm³/mol.